The van der Waals surface area contributed by atoms with Gasteiger partial charge in [-0.25, -0.2) is 0 Å². The fraction of sp³-hybridized carbons (Fsp3) is 0.818. The van der Waals surface area contributed by atoms with Crippen LogP contribution in [0.25, 0.3) is 0 Å². The van der Waals surface area contributed by atoms with Crippen molar-refractivity contribution in [1.29, 1.82) is 0 Å². The summed E-state index contributed by atoms with van der Waals surface area (Å²) in [6, 6.07) is 0.270. The van der Waals surface area contributed by atoms with Crippen molar-refractivity contribution in [3.8, 4) is 0 Å². The zero-order valence-electron chi connectivity index (χ0n) is 10.1. The topological polar surface area (TPSA) is 12.5 Å². The Morgan fingerprint density at radius 1 is 1.36 bits per heavy atom. The molecule has 0 amide bonds. The van der Waals surface area contributed by atoms with Gasteiger partial charge in [0.2, 0.25) is 0 Å². The number of rotatable bonds is 4. The molecular weight excluding hydrogens is 289 g/mol. The van der Waals surface area contributed by atoms with E-state index in [0.717, 1.165) is 0 Å². The first-order chi connectivity index (χ1) is 6.21. The summed E-state index contributed by atoms with van der Waals surface area (Å²) in [7, 11) is 4.13. The van der Waals surface area contributed by atoms with Crippen molar-refractivity contribution in [2.75, 3.05) is 14.1 Å². The van der Waals surface area contributed by atoms with Crippen LogP contribution in [0, 0.1) is 5.41 Å². The van der Waals surface area contributed by atoms with E-state index in [2.05, 4.69) is 53.3 Å². The normalized spacial score (nSPS) is 16.9. The molecule has 0 N–H and O–H groups in total. The van der Waals surface area contributed by atoms with E-state index in [1.807, 2.05) is 23.0 Å². The van der Waals surface area contributed by atoms with E-state index < -0.39 is 0 Å². The molecule has 0 aliphatic heterocycles. The lowest BCUT2D eigenvalue weighted by Crippen LogP contribution is -2.42. The Balaban J connectivity index is 4.76. The van der Waals surface area contributed by atoms with Crippen LogP contribution in [0.15, 0.2) is 12.2 Å². The molecule has 0 saturated heterocycles. The molecule has 0 bridgehead atoms. The third kappa shape index (κ3) is 3.87. The van der Waals surface area contributed by atoms with Crippen LogP contribution in [0.1, 0.15) is 27.7 Å². The number of likely N-dealkylation sites (N-methyl/N-ethyl adjacent to an activating group) is 1. The van der Waals surface area contributed by atoms with Gasteiger partial charge in [0.1, 0.15) is 23.0 Å². The molecule has 0 rings (SSSR count). The summed E-state index contributed by atoms with van der Waals surface area (Å²) in [4.78, 5) is 2.16. The number of hydrogen-bond donors (Lipinski definition) is 0. The lowest BCUT2D eigenvalue weighted by atomic mass is 9.81. The van der Waals surface area contributed by atoms with Crippen molar-refractivity contribution in [2.24, 2.45) is 5.41 Å². The van der Waals surface area contributed by atoms with Gasteiger partial charge in [0.15, 0.2) is 0 Å². The van der Waals surface area contributed by atoms with Crippen molar-refractivity contribution in [1.82, 2.24) is 4.90 Å². The molecule has 2 atom stereocenters. The maximum Gasteiger partial charge on any atom is 0.110 e. The van der Waals surface area contributed by atoms with Crippen LogP contribution in [0.4, 0.5) is 0 Å². The molecule has 0 spiro atoms. The van der Waals surface area contributed by atoms with Crippen LogP contribution in [0.5, 0.6) is 0 Å². The average molecular weight is 311 g/mol. The lowest BCUT2D eigenvalue weighted by molar-refractivity contribution is 0.159. The van der Waals surface area contributed by atoms with Crippen LogP contribution in [0.2, 0.25) is 0 Å². The van der Waals surface area contributed by atoms with E-state index >= 15 is 0 Å². The Labute approximate surface area is 102 Å². The lowest BCUT2D eigenvalue weighted by Gasteiger charge is -2.36. The maximum absolute atomic E-state index is 5.36. The zero-order valence-corrected chi connectivity index (χ0v) is 12.3. The molecule has 0 heterocycles. The Bertz CT molecular complexity index is 196. The quantitative estimate of drug-likeness (QED) is 0.583. The summed E-state index contributed by atoms with van der Waals surface area (Å²) in [5.41, 5.74) is 1.34. The summed E-state index contributed by atoms with van der Waals surface area (Å²) in [5.74, 6) is 0. The van der Waals surface area contributed by atoms with E-state index in [1.165, 1.54) is 5.57 Å². The van der Waals surface area contributed by atoms with Crippen LogP contribution in [-0.4, -0.2) is 31.1 Å². The minimum Gasteiger partial charge on any atom is -0.311 e. The van der Waals surface area contributed by atoms with Crippen LogP contribution >= 0.6 is 23.0 Å². The second kappa shape index (κ2) is 5.47. The highest BCUT2D eigenvalue weighted by atomic mass is 127. The smallest absolute Gasteiger partial charge is 0.110 e. The largest absolute Gasteiger partial charge is 0.311 e. The first kappa shape index (κ1) is 14.4. The predicted octanol–water partition coefficient (Wildman–Crippen LogP) is 3.27. The monoisotopic (exact) mass is 311 g/mol. The van der Waals surface area contributed by atoms with Crippen LogP contribution < -0.4 is 0 Å². The number of halogens is 1. The SMILES string of the molecule is C=C(C(C(C)OI)N(C)C)C(C)(C)C. The van der Waals surface area contributed by atoms with Gasteiger partial charge >= 0.3 is 0 Å². The first-order valence-electron chi connectivity index (χ1n) is 4.85. The van der Waals surface area contributed by atoms with Crippen LogP contribution in [0.3, 0.4) is 0 Å². The Morgan fingerprint density at radius 3 is 2.00 bits per heavy atom. The number of hydrogen-bond acceptors (Lipinski definition) is 2. The second-order valence-electron chi connectivity index (χ2n) is 4.98. The highest BCUT2D eigenvalue weighted by Gasteiger charge is 2.29. The summed E-state index contributed by atoms with van der Waals surface area (Å²) in [6.45, 7) is 12.8. The van der Waals surface area contributed by atoms with Gasteiger partial charge in [-0.2, -0.15) is 0 Å². The molecule has 84 valence electrons. The molecule has 0 fully saturated rings. The molecule has 14 heavy (non-hydrogen) atoms. The van der Waals surface area contributed by atoms with Gasteiger partial charge in [0.25, 0.3) is 0 Å². The molecule has 0 aromatic carbocycles. The minimum absolute atomic E-state index is 0.123. The van der Waals surface area contributed by atoms with Gasteiger partial charge in [-0.15, -0.1) is 0 Å². The highest BCUT2D eigenvalue weighted by Crippen LogP contribution is 2.30. The van der Waals surface area contributed by atoms with Gasteiger partial charge in [0, 0.05) is 0 Å². The predicted molar refractivity (Wildman–Crippen MR) is 70.6 cm³/mol. The average Bonchev–Trinajstić information content (AvgIpc) is 2.01. The van der Waals surface area contributed by atoms with E-state index in [9.17, 15) is 0 Å². The fourth-order valence-electron chi connectivity index (χ4n) is 1.51. The van der Waals surface area contributed by atoms with E-state index in [1.54, 1.807) is 0 Å². The molecule has 0 aromatic heterocycles. The first-order valence-corrected chi connectivity index (χ1v) is 5.73. The van der Waals surface area contributed by atoms with E-state index in [0.29, 0.717) is 0 Å². The minimum atomic E-state index is 0.123. The van der Waals surface area contributed by atoms with Crippen molar-refractivity contribution in [2.45, 2.75) is 39.8 Å². The van der Waals surface area contributed by atoms with Crippen LogP contribution in [-0.2, 0) is 3.07 Å². The van der Waals surface area contributed by atoms with Gasteiger partial charge < -0.3 is 7.97 Å². The summed E-state index contributed by atoms with van der Waals surface area (Å²) < 4.78 is 5.36. The Kier molecular flexibility index (Phi) is 5.62. The van der Waals surface area contributed by atoms with E-state index in [4.69, 9.17) is 3.07 Å². The Hall–Kier alpha value is 0.390. The summed E-state index contributed by atoms with van der Waals surface area (Å²) >= 11 is 1.96. The van der Waals surface area contributed by atoms with Gasteiger partial charge in [-0.05, 0) is 26.4 Å². The standard InChI is InChI=1S/C11H22INO/c1-8(11(3,4)5)10(13(6)7)9(2)14-12/h9-10H,1H2,2-7H3. The summed E-state index contributed by atoms with van der Waals surface area (Å²) in [6.07, 6.45) is 0.164. The Morgan fingerprint density at radius 2 is 1.79 bits per heavy atom. The van der Waals surface area contributed by atoms with Crippen molar-refractivity contribution < 1.29 is 3.07 Å². The molecule has 0 aliphatic rings. The molecule has 0 saturated carbocycles. The summed E-state index contributed by atoms with van der Waals surface area (Å²) in [5, 5.41) is 0. The van der Waals surface area contributed by atoms with Crippen molar-refractivity contribution in [3.05, 3.63) is 12.2 Å². The number of nitrogens with zero attached hydrogens (tertiary/aromatic N) is 1. The fourth-order valence-corrected chi connectivity index (χ4v) is 1.79. The molecule has 0 aliphatic carbocycles. The molecule has 2 unspecified atom stereocenters. The van der Waals surface area contributed by atoms with Crippen molar-refractivity contribution >= 4 is 23.0 Å². The highest BCUT2D eigenvalue weighted by molar-refractivity contribution is 14.1. The molecule has 0 aromatic rings. The van der Waals surface area contributed by atoms with Gasteiger partial charge in [-0.3, -0.25) is 0 Å². The van der Waals surface area contributed by atoms with E-state index in [-0.39, 0.29) is 17.6 Å². The third-order valence-corrected chi connectivity index (χ3v) is 3.26. The van der Waals surface area contributed by atoms with Crippen molar-refractivity contribution in [3.63, 3.8) is 0 Å². The van der Waals surface area contributed by atoms with Gasteiger partial charge in [0.05, 0.1) is 12.1 Å². The second-order valence-corrected chi connectivity index (χ2v) is 5.49. The molecule has 2 nitrogen and oxygen atoms in total. The third-order valence-electron chi connectivity index (χ3n) is 2.46. The zero-order chi connectivity index (χ0) is 11.5. The maximum atomic E-state index is 5.36. The molecule has 0 radical (unpaired) electrons. The molecule has 3 heteroatoms. The van der Waals surface area contributed by atoms with Gasteiger partial charge in [-0.1, -0.05) is 32.9 Å². The molecular formula is C11H22INO.